The number of carboxylic acid groups (broad SMARTS) is 1. The second-order valence-electron chi connectivity index (χ2n) is 2.30. The molecule has 0 unspecified atom stereocenters. The molecule has 0 aliphatic heterocycles. The van der Waals surface area contributed by atoms with Gasteiger partial charge >= 0.3 is 6.09 Å². The average molecular weight is 159 g/mol. The molecule has 0 atom stereocenters. The SMILES string of the molecule is CCCCC(=O)CNC(=O)O. The second-order valence-corrected chi connectivity index (χ2v) is 2.30. The van der Waals surface area contributed by atoms with Crippen molar-refractivity contribution >= 4 is 11.9 Å². The number of Topliss-reactive ketones (excluding diaryl/α,β-unsaturated/α-hetero) is 1. The van der Waals surface area contributed by atoms with Crippen LogP contribution >= 0.6 is 0 Å². The Balaban J connectivity index is 3.30. The number of unbranched alkanes of at least 4 members (excludes halogenated alkanes) is 1. The van der Waals surface area contributed by atoms with Crippen molar-refractivity contribution in [3.63, 3.8) is 0 Å². The molecule has 64 valence electrons. The molecule has 0 aromatic carbocycles. The molecule has 0 aromatic rings. The maximum Gasteiger partial charge on any atom is 0.405 e. The molecule has 0 spiro atoms. The van der Waals surface area contributed by atoms with Gasteiger partial charge in [0.2, 0.25) is 0 Å². The van der Waals surface area contributed by atoms with Gasteiger partial charge < -0.3 is 10.4 Å². The molecule has 11 heavy (non-hydrogen) atoms. The molecule has 4 heteroatoms. The van der Waals surface area contributed by atoms with E-state index < -0.39 is 6.09 Å². The van der Waals surface area contributed by atoms with Crippen LogP contribution in [0.2, 0.25) is 0 Å². The second kappa shape index (κ2) is 5.70. The van der Waals surface area contributed by atoms with Crippen LogP contribution in [0.1, 0.15) is 26.2 Å². The number of ketones is 1. The Morgan fingerprint density at radius 3 is 2.55 bits per heavy atom. The van der Waals surface area contributed by atoms with Gasteiger partial charge in [-0.25, -0.2) is 4.79 Å². The molecule has 0 aliphatic carbocycles. The van der Waals surface area contributed by atoms with Crippen LogP contribution in [0.4, 0.5) is 4.79 Å². The first-order chi connectivity index (χ1) is 5.16. The van der Waals surface area contributed by atoms with Gasteiger partial charge in [-0.1, -0.05) is 13.3 Å². The largest absolute Gasteiger partial charge is 0.465 e. The van der Waals surface area contributed by atoms with Gasteiger partial charge in [0.25, 0.3) is 0 Å². The number of nitrogens with one attached hydrogen (secondary N) is 1. The predicted octanol–water partition coefficient (Wildman–Crippen LogP) is 1.01. The topological polar surface area (TPSA) is 66.4 Å². The van der Waals surface area contributed by atoms with E-state index in [1.165, 1.54) is 0 Å². The molecule has 0 bridgehead atoms. The first-order valence-corrected chi connectivity index (χ1v) is 3.65. The van der Waals surface area contributed by atoms with Crippen LogP contribution in [0.5, 0.6) is 0 Å². The van der Waals surface area contributed by atoms with E-state index in [1.807, 2.05) is 12.2 Å². The summed E-state index contributed by atoms with van der Waals surface area (Å²) >= 11 is 0. The Labute approximate surface area is 65.6 Å². The van der Waals surface area contributed by atoms with Gasteiger partial charge in [0, 0.05) is 6.42 Å². The predicted molar refractivity (Wildman–Crippen MR) is 40.6 cm³/mol. The molecule has 0 heterocycles. The Morgan fingerprint density at radius 1 is 1.45 bits per heavy atom. The number of rotatable bonds is 5. The molecule has 4 nitrogen and oxygen atoms in total. The van der Waals surface area contributed by atoms with Crippen molar-refractivity contribution in [2.45, 2.75) is 26.2 Å². The lowest BCUT2D eigenvalue weighted by Gasteiger charge is -1.98. The Kier molecular flexibility index (Phi) is 5.15. The Bertz CT molecular complexity index is 145. The van der Waals surface area contributed by atoms with E-state index in [2.05, 4.69) is 0 Å². The lowest BCUT2D eigenvalue weighted by Crippen LogP contribution is -2.27. The lowest BCUT2D eigenvalue weighted by atomic mass is 10.2. The summed E-state index contributed by atoms with van der Waals surface area (Å²) in [4.78, 5) is 20.7. The van der Waals surface area contributed by atoms with Crippen molar-refractivity contribution in [3.8, 4) is 0 Å². The molecule has 0 fully saturated rings. The third-order valence-corrected chi connectivity index (χ3v) is 1.25. The highest BCUT2D eigenvalue weighted by molar-refractivity contribution is 5.83. The lowest BCUT2D eigenvalue weighted by molar-refractivity contribution is -0.118. The van der Waals surface area contributed by atoms with Gasteiger partial charge in [0.1, 0.15) is 0 Å². The molecule has 0 saturated heterocycles. The highest BCUT2D eigenvalue weighted by Gasteiger charge is 2.01. The van der Waals surface area contributed by atoms with Crippen LogP contribution in [0, 0.1) is 0 Å². The minimum absolute atomic E-state index is 0.0470. The third kappa shape index (κ3) is 6.83. The normalized spacial score (nSPS) is 9.18. The minimum atomic E-state index is -1.14. The number of amides is 1. The molecule has 0 aromatic heterocycles. The quantitative estimate of drug-likeness (QED) is 0.629. The van der Waals surface area contributed by atoms with Crippen molar-refractivity contribution in [3.05, 3.63) is 0 Å². The van der Waals surface area contributed by atoms with E-state index in [0.717, 1.165) is 12.8 Å². The smallest absolute Gasteiger partial charge is 0.405 e. The summed E-state index contributed by atoms with van der Waals surface area (Å²) < 4.78 is 0. The van der Waals surface area contributed by atoms with Crippen LogP contribution < -0.4 is 5.32 Å². The number of carbonyl (C=O) groups excluding carboxylic acids is 1. The fourth-order valence-corrected chi connectivity index (χ4v) is 0.637. The summed E-state index contributed by atoms with van der Waals surface area (Å²) in [7, 11) is 0. The maximum absolute atomic E-state index is 10.8. The van der Waals surface area contributed by atoms with Crippen molar-refractivity contribution in [1.82, 2.24) is 5.32 Å². The molecular weight excluding hydrogens is 146 g/mol. The molecule has 2 N–H and O–H groups in total. The molecule has 1 amide bonds. The van der Waals surface area contributed by atoms with Crippen molar-refractivity contribution < 1.29 is 14.7 Å². The molecule has 0 aliphatic rings. The van der Waals surface area contributed by atoms with E-state index in [4.69, 9.17) is 5.11 Å². The van der Waals surface area contributed by atoms with Crippen LogP contribution in [-0.4, -0.2) is 23.5 Å². The van der Waals surface area contributed by atoms with E-state index in [0.29, 0.717) is 6.42 Å². The fraction of sp³-hybridized carbons (Fsp3) is 0.714. The molecule has 0 saturated carbocycles. The zero-order chi connectivity index (χ0) is 8.69. The average Bonchev–Trinajstić information content (AvgIpc) is 1.97. The molecular formula is C7H13NO3. The third-order valence-electron chi connectivity index (χ3n) is 1.25. The van der Waals surface area contributed by atoms with Gasteiger partial charge in [-0.2, -0.15) is 0 Å². The van der Waals surface area contributed by atoms with E-state index in [9.17, 15) is 9.59 Å². The Morgan fingerprint density at radius 2 is 2.09 bits per heavy atom. The standard InChI is InChI=1S/C7H13NO3/c1-2-3-4-6(9)5-8-7(10)11/h8H,2-5H2,1H3,(H,10,11). The Hall–Kier alpha value is -1.06. The first kappa shape index (κ1) is 9.94. The zero-order valence-corrected chi connectivity index (χ0v) is 6.59. The van der Waals surface area contributed by atoms with Crippen molar-refractivity contribution in [1.29, 1.82) is 0 Å². The monoisotopic (exact) mass is 159 g/mol. The van der Waals surface area contributed by atoms with E-state index in [-0.39, 0.29) is 12.3 Å². The van der Waals surface area contributed by atoms with Gasteiger partial charge in [0.05, 0.1) is 6.54 Å². The number of hydrogen-bond donors (Lipinski definition) is 2. The molecule has 0 radical (unpaired) electrons. The summed E-state index contributed by atoms with van der Waals surface area (Å²) in [5.41, 5.74) is 0. The summed E-state index contributed by atoms with van der Waals surface area (Å²) in [6, 6.07) is 0. The van der Waals surface area contributed by atoms with Gasteiger partial charge in [-0.15, -0.1) is 0 Å². The van der Waals surface area contributed by atoms with Crippen molar-refractivity contribution in [2.24, 2.45) is 0 Å². The van der Waals surface area contributed by atoms with Crippen LogP contribution in [0.15, 0.2) is 0 Å². The van der Waals surface area contributed by atoms with Gasteiger partial charge in [-0.05, 0) is 6.42 Å². The first-order valence-electron chi connectivity index (χ1n) is 3.65. The van der Waals surface area contributed by atoms with Crippen LogP contribution in [0.25, 0.3) is 0 Å². The molecule has 0 rings (SSSR count). The van der Waals surface area contributed by atoms with Crippen LogP contribution in [0.3, 0.4) is 0 Å². The highest BCUT2D eigenvalue weighted by Crippen LogP contribution is 1.93. The fourth-order valence-electron chi connectivity index (χ4n) is 0.637. The highest BCUT2D eigenvalue weighted by atomic mass is 16.4. The number of hydrogen-bond acceptors (Lipinski definition) is 2. The summed E-state index contributed by atoms with van der Waals surface area (Å²) in [6.45, 7) is 1.92. The maximum atomic E-state index is 10.8. The number of carbonyl (C=O) groups is 2. The summed E-state index contributed by atoms with van der Waals surface area (Å²) in [6.07, 6.45) is 1.12. The summed E-state index contributed by atoms with van der Waals surface area (Å²) in [5.74, 6) is -0.0470. The van der Waals surface area contributed by atoms with E-state index >= 15 is 0 Å². The summed E-state index contributed by atoms with van der Waals surface area (Å²) in [5, 5.41) is 10.1. The van der Waals surface area contributed by atoms with E-state index in [1.54, 1.807) is 0 Å². The zero-order valence-electron chi connectivity index (χ0n) is 6.59. The van der Waals surface area contributed by atoms with Gasteiger partial charge in [0.15, 0.2) is 5.78 Å². The minimum Gasteiger partial charge on any atom is -0.465 e. The van der Waals surface area contributed by atoms with Gasteiger partial charge in [-0.3, -0.25) is 4.79 Å². The van der Waals surface area contributed by atoms with Crippen LogP contribution in [-0.2, 0) is 4.79 Å². The van der Waals surface area contributed by atoms with Crippen molar-refractivity contribution in [2.75, 3.05) is 6.54 Å².